The summed E-state index contributed by atoms with van der Waals surface area (Å²) in [5.41, 5.74) is 2.44. The van der Waals surface area contributed by atoms with E-state index in [4.69, 9.17) is 4.74 Å². The Morgan fingerprint density at radius 3 is 2.45 bits per heavy atom. The molecule has 1 unspecified atom stereocenters. The van der Waals surface area contributed by atoms with Crippen molar-refractivity contribution in [2.75, 3.05) is 24.9 Å². The van der Waals surface area contributed by atoms with Gasteiger partial charge in [0.25, 0.3) is 11.8 Å². The highest BCUT2D eigenvalue weighted by atomic mass is 32.2. The van der Waals surface area contributed by atoms with Gasteiger partial charge in [-0.15, -0.1) is 0 Å². The van der Waals surface area contributed by atoms with Crippen LogP contribution >= 0.6 is 0 Å². The molecule has 3 aromatic rings. The van der Waals surface area contributed by atoms with E-state index in [-0.39, 0.29) is 11.8 Å². The average Bonchev–Trinajstić information content (AvgIpc) is 3.45. The number of aromatic nitrogens is 2. The van der Waals surface area contributed by atoms with Gasteiger partial charge < -0.3 is 9.30 Å². The Balaban J connectivity index is 1.48. The van der Waals surface area contributed by atoms with Gasteiger partial charge in [-0.1, -0.05) is 18.2 Å². The van der Waals surface area contributed by atoms with Crippen molar-refractivity contribution in [2.24, 2.45) is 5.41 Å². The third-order valence-corrected chi connectivity index (χ3v) is 7.43. The van der Waals surface area contributed by atoms with Crippen molar-refractivity contribution in [3.63, 3.8) is 0 Å². The normalized spacial score (nSPS) is 17.5. The first-order chi connectivity index (χ1) is 15.9. The van der Waals surface area contributed by atoms with Crippen molar-refractivity contribution < 1.29 is 14.3 Å². The fourth-order valence-corrected chi connectivity index (χ4v) is 4.93. The van der Waals surface area contributed by atoms with E-state index in [2.05, 4.69) is 23.6 Å². The van der Waals surface area contributed by atoms with Gasteiger partial charge in [0, 0.05) is 0 Å². The molecule has 0 N–H and O–H groups in total. The zero-order valence-corrected chi connectivity index (χ0v) is 19.5. The Hall–Kier alpha value is -3.15. The van der Waals surface area contributed by atoms with Gasteiger partial charge in [-0.25, -0.2) is 4.98 Å². The lowest BCUT2D eigenvalue weighted by Gasteiger charge is -2.30. The molecule has 168 valence electrons. The van der Waals surface area contributed by atoms with Crippen LogP contribution in [0.3, 0.4) is 0 Å². The summed E-state index contributed by atoms with van der Waals surface area (Å²) in [5, 5.41) is 9.98. The predicted molar refractivity (Wildman–Crippen MR) is 127 cm³/mol. The summed E-state index contributed by atoms with van der Waals surface area (Å²) in [6.07, 6.45) is 7.42. The fraction of sp³-hybridized carbons (Fsp3) is 0.360. The molecule has 2 aromatic carbocycles. The second-order valence-electron chi connectivity index (χ2n) is 8.89. The van der Waals surface area contributed by atoms with Crippen molar-refractivity contribution in [2.45, 2.75) is 25.6 Å². The number of rotatable bonds is 8. The molecule has 2 amide bonds. The summed E-state index contributed by atoms with van der Waals surface area (Å²) >= 11 is 0. The summed E-state index contributed by atoms with van der Waals surface area (Å²) in [5.74, 6) is 0.341. The van der Waals surface area contributed by atoms with Gasteiger partial charge in [0.15, 0.2) is 0 Å². The van der Waals surface area contributed by atoms with Gasteiger partial charge in [0.1, 0.15) is 12.5 Å². The highest BCUT2D eigenvalue weighted by molar-refractivity contribution is 7.95. The van der Waals surface area contributed by atoms with E-state index in [9.17, 15) is 14.9 Å². The van der Waals surface area contributed by atoms with Gasteiger partial charge in [-0.2, -0.15) is 5.26 Å². The lowest BCUT2D eigenvalue weighted by molar-refractivity contribution is 0.0534. The van der Waals surface area contributed by atoms with Crippen molar-refractivity contribution in [1.82, 2.24) is 14.5 Å². The number of fused-ring (bicyclic) bond motifs is 2. The van der Waals surface area contributed by atoms with E-state index in [1.54, 1.807) is 30.6 Å². The summed E-state index contributed by atoms with van der Waals surface area (Å²) in [6.45, 7) is 1.11. The summed E-state index contributed by atoms with van der Waals surface area (Å²) < 4.78 is 7.73. The van der Waals surface area contributed by atoms with Crippen molar-refractivity contribution in [3.05, 3.63) is 65.5 Å². The number of imide groups is 1. The number of nitrogens with zero attached hydrogens (tertiary/aromatic N) is 4. The molecule has 33 heavy (non-hydrogen) atoms. The van der Waals surface area contributed by atoms with E-state index < -0.39 is 11.5 Å². The maximum Gasteiger partial charge on any atom is 0.262 e. The monoisotopic (exact) mass is 461 g/mol. The van der Waals surface area contributed by atoms with Gasteiger partial charge in [-0.05, 0) is 53.6 Å². The van der Waals surface area contributed by atoms with Crippen LogP contribution in [-0.4, -0.2) is 51.1 Å². The smallest absolute Gasteiger partial charge is 0.262 e. The number of imidazole rings is 1. The molecule has 5 rings (SSSR count). The Kier molecular flexibility index (Phi) is 5.47. The Labute approximate surface area is 195 Å². The predicted octanol–water partition coefficient (Wildman–Crippen LogP) is 3.53. The zero-order valence-electron chi connectivity index (χ0n) is 18.7. The van der Waals surface area contributed by atoms with E-state index >= 15 is 0 Å². The van der Waals surface area contributed by atoms with Crippen LogP contribution in [0.5, 0.6) is 0 Å². The third-order valence-electron chi connectivity index (χ3n) is 6.45. The first kappa shape index (κ1) is 21.7. The number of carbonyl (C=O) groups excluding carboxylic acids is 2. The highest BCUT2D eigenvalue weighted by Crippen LogP contribution is 2.58. The molecule has 1 aromatic heterocycles. The molecule has 1 aliphatic heterocycles. The topological polar surface area (TPSA) is 88.2 Å². The lowest BCUT2D eigenvalue weighted by Crippen LogP contribution is -2.38. The van der Waals surface area contributed by atoms with Crippen molar-refractivity contribution >= 4 is 33.7 Å². The summed E-state index contributed by atoms with van der Waals surface area (Å²) in [4.78, 5) is 32.3. The van der Waals surface area contributed by atoms with E-state index in [1.165, 1.54) is 4.90 Å². The number of benzene rings is 2. The van der Waals surface area contributed by atoms with Crippen LogP contribution in [-0.2, 0) is 22.4 Å². The highest BCUT2D eigenvalue weighted by Gasteiger charge is 2.57. The molecular formula is C25H25N4O3S+. The average molecular weight is 462 g/mol. The molecule has 1 aliphatic carbocycles. The number of hydrogen-bond donors (Lipinski definition) is 0. The molecule has 1 fully saturated rings. The second-order valence-corrected chi connectivity index (χ2v) is 11.3. The molecule has 2 aliphatic rings. The maximum absolute atomic E-state index is 13.2. The molecule has 1 saturated carbocycles. The zero-order chi connectivity index (χ0) is 23.2. The van der Waals surface area contributed by atoms with Crippen LogP contribution in [0.25, 0.3) is 11.0 Å². The second kappa shape index (κ2) is 8.32. The molecule has 0 radical (unpaired) electrons. The fourth-order valence-electron chi connectivity index (χ4n) is 4.48. The van der Waals surface area contributed by atoms with E-state index in [1.807, 2.05) is 22.8 Å². The first-order valence-electron chi connectivity index (χ1n) is 10.9. The quantitative estimate of drug-likeness (QED) is 0.291. The minimum absolute atomic E-state index is 0.339. The van der Waals surface area contributed by atoms with Crippen LogP contribution in [0.1, 0.15) is 45.2 Å². The van der Waals surface area contributed by atoms with Crippen molar-refractivity contribution in [3.8, 4) is 6.07 Å². The van der Waals surface area contributed by atoms with Crippen LogP contribution in [0.2, 0.25) is 0 Å². The number of amides is 2. The summed E-state index contributed by atoms with van der Waals surface area (Å²) in [6, 6.07) is 14.3. The molecule has 0 saturated heterocycles. The number of ether oxygens (including phenoxy) is 1. The van der Waals surface area contributed by atoms with Gasteiger partial charge in [0.05, 0.1) is 65.1 Å². The Morgan fingerprint density at radius 1 is 1.15 bits per heavy atom. The van der Waals surface area contributed by atoms with Crippen LogP contribution < -0.4 is 0 Å². The standard InChI is InChI=1S/C25H25N4O3S/c1-33(2)12-11-32-16-28-15-27-20-13-17(7-8-21(20)28)22(25(14-26)9-10-25)29-23(30)18-5-3-4-6-19(18)24(29)31/h3-8,13,15,22H,9-12,16H2,1-2H3/q+1. The van der Waals surface area contributed by atoms with Crippen LogP contribution in [0.4, 0.5) is 0 Å². The van der Waals surface area contributed by atoms with Crippen molar-refractivity contribution in [1.29, 1.82) is 5.26 Å². The molecule has 2 heterocycles. The van der Waals surface area contributed by atoms with Gasteiger partial charge in [-0.3, -0.25) is 14.5 Å². The van der Waals surface area contributed by atoms with E-state index in [0.29, 0.717) is 48.2 Å². The summed E-state index contributed by atoms with van der Waals surface area (Å²) in [7, 11) is 0.339. The minimum Gasteiger partial charge on any atom is -0.356 e. The van der Waals surface area contributed by atoms with Crippen LogP contribution in [0, 0.1) is 16.7 Å². The lowest BCUT2D eigenvalue weighted by atomic mass is 9.89. The maximum atomic E-state index is 13.2. The molecular weight excluding hydrogens is 436 g/mol. The van der Waals surface area contributed by atoms with E-state index in [0.717, 1.165) is 22.3 Å². The minimum atomic E-state index is -0.760. The molecule has 7 nitrogen and oxygen atoms in total. The third kappa shape index (κ3) is 3.71. The Bertz CT molecular complexity index is 1250. The molecule has 0 bridgehead atoms. The number of hydrogen-bond acceptors (Lipinski definition) is 5. The van der Waals surface area contributed by atoms with Gasteiger partial charge >= 0.3 is 0 Å². The first-order valence-corrected chi connectivity index (χ1v) is 13.1. The number of nitriles is 1. The van der Waals surface area contributed by atoms with Gasteiger partial charge in [0.2, 0.25) is 0 Å². The SMILES string of the molecule is C[S+](C)CCOCn1cnc2cc(C(N3C(=O)c4ccccc4C3=O)C3(C#N)CC3)ccc21. The largest absolute Gasteiger partial charge is 0.356 e. The Morgan fingerprint density at radius 2 is 1.85 bits per heavy atom. The number of carbonyl (C=O) groups is 2. The molecule has 0 spiro atoms. The molecule has 8 heteroatoms. The van der Waals surface area contributed by atoms with Crippen LogP contribution in [0.15, 0.2) is 48.8 Å². The molecule has 1 atom stereocenters.